The molecule has 0 radical (unpaired) electrons. The summed E-state index contributed by atoms with van der Waals surface area (Å²) in [6.07, 6.45) is -0.969. The molecule has 2 saturated carbocycles. The van der Waals surface area contributed by atoms with Gasteiger partial charge in [-0.15, -0.1) is 0 Å². The number of nitrogens with one attached hydrogen (secondary N) is 2. The molecule has 3 atom stereocenters. The number of hydrogen-bond donors (Lipinski definition) is 2. The van der Waals surface area contributed by atoms with E-state index in [0.29, 0.717) is 18.9 Å². The number of halogens is 4. The highest BCUT2D eigenvalue weighted by atomic mass is 19.4. The van der Waals surface area contributed by atoms with Gasteiger partial charge in [0.2, 0.25) is 0 Å². The third-order valence-corrected chi connectivity index (χ3v) is 5.84. The van der Waals surface area contributed by atoms with Crippen LogP contribution in [0.25, 0.3) is 0 Å². The lowest BCUT2D eigenvalue weighted by Gasteiger charge is -2.22. The molecule has 0 aromatic heterocycles. The van der Waals surface area contributed by atoms with Crippen LogP contribution >= 0.6 is 0 Å². The first-order valence-corrected chi connectivity index (χ1v) is 9.37. The van der Waals surface area contributed by atoms with Crippen LogP contribution in [0.2, 0.25) is 0 Å². The summed E-state index contributed by atoms with van der Waals surface area (Å²) in [5, 5.41) is 5.96. The van der Waals surface area contributed by atoms with Gasteiger partial charge in [-0.05, 0) is 62.3 Å². The first-order chi connectivity index (χ1) is 12.8. The number of ether oxygens (including phenoxy) is 1. The second-order valence-electron chi connectivity index (χ2n) is 7.79. The lowest BCUT2D eigenvalue weighted by molar-refractivity contribution is -0.140. The van der Waals surface area contributed by atoms with Crippen LogP contribution in [-0.2, 0) is 16.5 Å². The van der Waals surface area contributed by atoms with Gasteiger partial charge in [0.05, 0.1) is 5.56 Å². The fourth-order valence-corrected chi connectivity index (χ4v) is 4.17. The number of amides is 1. The Morgan fingerprint density at radius 1 is 1.30 bits per heavy atom. The van der Waals surface area contributed by atoms with Gasteiger partial charge in [0.15, 0.2) is 0 Å². The lowest BCUT2D eigenvalue weighted by atomic mass is 10.00. The maximum atomic E-state index is 13.7. The number of hydrogen-bond acceptors (Lipinski definition) is 3. The molecule has 1 aromatic rings. The van der Waals surface area contributed by atoms with Crippen LogP contribution < -0.4 is 10.6 Å². The highest BCUT2D eigenvalue weighted by Crippen LogP contribution is 2.64. The third-order valence-electron chi connectivity index (χ3n) is 5.84. The van der Waals surface area contributed by atoms with Crippen molar-refractivity contribution in [3.63, 3.8) is 0 Å². The molecule has 27 heavy (non-hydrogen) atoms. The molecule has 1 saturated heterocycles. The summed E-state index contributed by atoms with van der Waals surface area (Å²) in [7, 11) is 0. The van der Waals surface area contributed by atoms with Crippen molar-refractivity contribution < 1.29 is 27.1 Å². The van der Waals surface area contributed by atoms with Gasteiger partial charge in [-0.1, -0.05) is 6.07 Å². The number of carbonyl (C=O) groups excluding carboxylic acids is 1. The minimum absolute atomic E-state index is 0.000555. The van der Waals surface area contributed by atoms with Crippen molar-refractivity contribution in [3.05, 3.63) is 35.1 Å². The first kappa shape index (κ1) is 18.5. The zero-order valence-corrected chi connectivity index (χ0v) is 14.7. The van der Waals surface area contributed by atoms with Crippen molar-refractivity contribution in [2.75, 3.05) is 13.1 Å². The number of rotatable bonds is 5. The van der Waals surface area contributed by atoms with Gasteiger partial charge >= 0.3 is 12.3 Å². The zero-order chi connectivity index (χ0) is 19.2. The van der Waals surface area contributed by atoms with Gasteiger partial charge in [-0.25, -0.2) is 9.18 Å². The molecule has 1 heterocycles. The van der Waals surface area contributed by atoms with Crippen molar-refractivity contribution in [2.45, 2.75) is 49.9 Å². The molecule has 1 aromatic carbocycles. The molecule has 1 aliphatic heterocycles. The van der Waals surface area contributed by atoms with Gasteiger partial charge in [0.25, 0.3) is 0 Å². The van der Waals surface area contributed by atoms with E-state index >= 15 is 0 Å². The molecule has 3 fully saturated rings. The summed E-state index contributed by atoms with van der Waals surface area (Å²) in [5.41, 5.74) is -2.18. The molecule has 8 heteroatoms. The number of alkyl halides is 3. The van der Waals surface area contributed by atoms with E-state index in [0.717, 1.165) is 44.4 Å². The minimum atomic E-state index is -4.79. The van der Waals surface area contributed by atoms with E-state index in [1.807, 2.05) is 0 Å². The number of alkyl carbamates (subject to hydrolysis) is 1. The smallest absolute Gasteiger partial charge is 0.419 e. The van der Waals surface area contributed by atoms with Crippen molar-refractivity contribution in [2.24, 2.45) is 11.8 Å². The SMILES string of the molecule is O=C(NCC1CCCN1)O[C@@]1(c2ccc(F)c(C(F)(F)F)c2)CC1C1CC1. The molecule has 148 valence electrons. The summed E-state index contributed by atoms with van der Waals surface area (Å²) in [6.45, 7) is 1.32. The standard InChI is InChI=1S/C19H22F4N2O2/c20-16-6-5-12(8-14(16)19(21,22)23)18(9-15(18)11-3-4-11)27-17(26)25-10-13-2-1-7-24-13/h5-6,8,11,13,15,24H,1-4,7,9-10H2,(H,25,26)/t13?,15?,18-/m1/s1. The van der Waals surface area contributed by atoms with Gasteiger partial charge in [-0.3, -0.25) is 0 Å². The highest BCUT2D eigenvalue weighted by Gasteiger charge is 2.64. The Kier molecular flexibility index (Phi) is 4.56. The average molecular weight is 386 g/mol. The van der Waals surface area contributed by atoms with Gasteiger partial charge < -0.3 is 15.4 Å². The van der Waals surface area contributed by atoms with Crippen LogP contribution in [0.3, 0.4) is 0 Å². The Balaban J connectivity index is 1.52. The number of benzene rings is 1. The van der Waals surface area contributed by atoms with Crippen LogP contribution in [0.5, 0.6) is 0 Å². The van der Waals surface area contributed by atoms with Crippen LogP contribution in [0.15, 0.2) is 18.2 Å². The summed E-state index contributed by atoms with van der Waals surface area (Å²) < 4.78 is 58.6. The Morgan fingerprint density at radius 3 is 2.70 bits per heavy atom. The normalized spacial score (nSPS) is 30.2. The lowest BCUT2D eigenvalue weighted by Crippen LogP contribution is -2.39. The van der Waals surface area contributed by atoms with E-state index in [1.165, 1.54) is 6.07 Å². The molecule has 4 nitrogen and oxygen atoms in total. The molecule has 2 unspecified atom stereocenters. The van der Waals surface area contributed by atoms with E-state index in [4.69, 9.17) is 4.74 Å². The van der Waals surface area contributed by atoms with E-state index in [9.17, 15) is 22.4 Å². The molecule has 1 amide bonds. The molecule has 2 N–H and O–H groups in total. The molecule has 4 rings (SSSR count). The second kappa shape index (κ2) is 6.65. The van der Waals surface area contributed by atoms with Crippen molar-refractivity contribution >= 4 is 6.09 Å². The third kappa shape index (κ3) is 3.77. The van der Waals surface area contributed by atoms with Gasteiger partial charge in [0, 0.05) is 18.5 Å². The predicted molar refractivity (Wildman–Crippen MR) is 89.4 cm³/mol. The topological polar surface area (TPSA) is 50.4 Å². The molecular weight excluding hydrogens is 364 g/mol. The Bertz CT molecular complexity index is 729. The monoisotopic (exact) mass is 386 g/mol. The van der Waals surface area contributed by atoms with Crippen LogP contribution in [0, 0.1) is 17.7 Å². The van der Waals surface area contributed by atoms with Crippen LogP contribution in [0.1, 0.15) is 43.2 Å². The second-order valence-corrected chi connectivity index (χ2v) is 7.79. The molecule has 0 spiro atoms. The zero-order valence-electron chi connectivity index (χ0n) is 14.7. The fraction of sp³-hybridized carbons (Fsp3) is 0.632. The molecule has 0 bridgehead atoms. The van der Waals surface area contributed by atoms with Gasteiger partial charge in [0.1, 0.15) is 11.4 Å². The first-order valence-electron chi connectivity index (χ1n) is 9.37. The quantitative estimate of drug-likeness (QED) is 0.754. The largest absolute Gasteiger partial charge is 0.438 e. The highest BCUT2D eigenvalue weighted by molar-refractivity contribution is 5.68. The Morgan fingerprint density at radius 2 is 2.07 bits per heavy atom. The van der Waals surface area contributed by atoms with Gasteiger partial charge in [-0.2, -0.15) is 13.2 Å². The maximum absolute atomic E-state index is 13.7. The van der Waals surface area contributed by atoms with Crippen LogP contribution in [0.4, 0.5) is 22.4 Å². The predicted octanol–water partition coefficient (Wildman–Crippen LogP) is 3.95. The van der Waals surface area contributed by atoms with E-state index in [-0.39, 0.29) is 17.5 Å². The van der Waals surface area contributed by atoms with E-state index in [2.05, 4.69) is 10.6 Å². The number of carbonyl (C=O) groups is 1. The van der Waals surface area contributed by atoms with Crippen molar-refractivity contribution in [1.82, 2.24) is 10.6 Å². The molecule has 3 aliphatic rings. The molecule has 2 aliphatic carbocycles. The molecular formula is C19H22F4N2O2. The van der Waals surface area contributed by atoms with Crippen molar-refractivity contribution in [3.8, 4) is 0 Å². The average Bonchev–Trinajstić information content (AvgIpc) is 3.50. The summed E-state index contributed by atoms with van der Waals surface area (Å²) in [4.78, 5) is 12.3. The minimum Gasteiger partial charge on any atom is -0.438 e. The Hall–Kier alpha value is -1.83. The summed E-state index contributed by atoms with van der Waals surface area (Å²) >= 11 is 0. The van der Waals surface area contributed by atoms with E-state index < -0.39 is 29.3 Å². The maximum Gasteiger partial charge on any atom is 0.419 e. The summed E-state index contributed by atoms with van der Waals surface area (Å²) in [5.74, 6) is -0.963. The van der Waals surface area contributed by atoms with E-state index in [1.54, 1.807) is 0 Å². The Labute approximate surface area is 154 Å². The fourth-order valence-electron chi connectivity index (χ4n) is 4.17. The van der Waals surface area contributed by atoms with Crippen LogP contribution in [-0.4, -0.2) is 25.2 Å². The van der Waals surface area contributed by atoms with Crippen molar-refractivity contribution in [1.29, 1.82) is 0 Å². The summed E-state index contributed by atoms with van der Waals surface area (Å²) in [6, 6.07) is 3.10.